The van der Waals surface area contributed by atoms with Crippen molar-refractivity contribution in [2.75, 3.05) is 18.5 Å². The number of carbonyl (C=O) groups excluding carboxylic acids is 2. The lowest BCUT2D eigenvalue weighted by atomic mass is 10.2. The standard InChI is InChI=1S/C14H15F2N5O2/c1-7(17)9-5-20-4-8(12(15)16)3-10(13(20)18-9)21-6-11(22)19(2)14(21)23/h3-5,7,12H,6,17H2,1-2H3/t7-/m1/s1. The molecular formula is C14H15F2N5O2. The Balaban J connectivity index is 2.21. The van der Waals surface area contributed by atoms with Gasteiger partial charge in [0.25, 0.3) is 6.43 Å². The number of carbonyl (C=O) groups is 2. The van der Waals surface area contributed by atoms with Crippen molar-refractivity contribution in [3.8, 4) is 0 Å². The normalized spacial score (nSPS) is 17.0. The number of likely N-dealkylation sites (N-methyl/N-ethyl adjacent to an activating group) is 1. The summed E-state index contributed by atoms with van der Waals surface area (Å²) < 4.78 is 27.7. The topological polar surface area (TPSA) is 83.9 Å². The molecule has 0 saturated carbocycles. The zero-order valence-corrected chi connectivity index (χ0v) is 12.5. The molecule has 0 bridgehead atoms. The first-order valence-corrected chi connectivity index (χ1v) is 6.94. The summed E-state index contributed by atoms with van der Waals surface area (Å²) >= 11 is 0. The predicted molar refractivity (Wildman–Crippen MR) is 78.3 cm³/mol. The van der Waals surface area contributed by atoms with Gasteiger partial charge in [0, 0.05) is 31.0 Å². The molecule has 2 aromatic rings. The number of hydrogen-bond donors (Lipinski definition) is 1. The van der Waals surface area contributed by atoms with Crippen LogP contribution in [0, 0.1) is 0 Å². The van der Waals surface area contributed by atoms with Gasteiger partial charge in [0.2, 0.25) is 5.91 Å². The molecule has 7 nitrogen and oxygen atoms in total. The van der Waals surface area contributed by atoms with E-state index in [1.54, 1.807) is 13.1 Å². The number of nitrogens with zero attached hydrogens (tertiary/aromatic N) is 4. The molecule has 0 unspecified atom stereocenters. The molecule has 1 fully saturated rings. The van der Waals surface area contributed by atoms with Crippen LogP contribution in [0.1, 0.15) is 30.6 Å². The number of aromatic nitrogens is 2. The summed E-state index contributed by atoms with van der Waals surface area (Å²) in [5.41, 5.74) is 6.49. The Labute approximate surface area is 130 Å². The zero-order valence-electron chi connectivity index (χ0n) is 12.5. The van der Waals surface area contributed by atoms with Crippen molar-refractivity contribution in [3.63, 3.8) is 0 Å². The van der Waals surface area contributed by atoms with E-state index in [-0.39, 0.29) is 17.8 Å². The molecule has 2 aromatic heterocycles. The third-order valence-electron chi connectivity index (χ3n) is 3.77. The van der Waals surface area contributed by atoms with Gasteiger partial charge in [-0.15, -0.1) is 0 Å². The Bertz CT molecular complexity index is 802. The summed E-state index contributed by atoms with van der Waals surface area (Å²) in [5, 5.41) is 0. The summed E-state index contributed by atoms with van der Waals surface area (Å²) in [7, 11) is 1.35. The average Bonchev–Trinajstić information content (AvgIpc) is 3.03. The van der Waals surface area contributed by atoms with Crippen LogP contribution in [0.25, 0.3) is 5.65 Å². The van der Waals surface area contributed by atoms with E-state index in [9.17, 15) is 18.4 Å². The second-order valence-corrected chi connectivity index (χ2v) is 5.47. The van der Waals surface area contributed by atoms with Crippen LogP contribution in [0.15, 0.2) is 18.5 Å². The number of pyridine rings is 1. The molecular weight excluding hydrogens is 308 g/mol. The van der Waals surface area contributed by atoms with Crippen molar-refractivity contribution in [2.24, 2.45) is 5.73 Å². The maximum absolute atomic E-state index is 13.1. The molecule has 1 atom stereocenters. The fraction of sp³-hybridized carbons (Fsp3) is 0.357. The Morgan fingerprint density at radius 1 is 1.30 bits per heavy atom. The van der Waals surface area contributed by atoms with Gasteiger partial charge in [-0.1, -0.05) is 0 Å². The maximum atomic E-state index is 13.1. The maximum Gasteiger partial charge on any atom is 0.331 e. The minimum Gasteiger partial charge on any atom is -0.323 e. The molecule has 0 aliphatic carbocycles. The van der Waals surface area contributed by atoms with Crippen molar-refractivity contribution >= 4 is 23.3 Å². The van der Waals surface area contributed by atoms with Gasteiger partial charge in [-0.25, -0.2) is 18.6 Å². The molecule has 3 rings (SSSR count). The Kier molecular flexibility index (Phi) is 3.52. The number of urea groups is 1. The van der Waals surface area contributed by atoms with Gasteiger partial charge in [0.05, 0.1) is 11.4 Å². The lowest BCUT2D eigenvalue weighted by molar-refractivity contribution is -0.123. The number of rotatable bonds is 3. The molecule has 9 heteroatoms. The van der Waals surface area contributed by atoms with Crippen LogP contribution >= 0.6 is 0 Å². The summed E-state index contributed by atoms with van der Waals surface area (Å²) in [6.45, 7) is 1.51. The van der Waals surface area contributed by atoms with Crippen LogP contribution in [0.4, 0.5) is 19.3 Å². The number of fused-ring (bicyclic) bond motifs is 1. The summed E-state index contributed by atoms with van der Waals surface area (Å²) in [6, 6.07) is 0.215. The fourth-order valence-corrected chi connectivity index (χ4v) is 2.44. The van der Waals surface area contributed by atoms with Crippen molar-refractivity contribution in [1.82, 2.24) is 14.3 Å². The van der Waals surface area contributed by atoms with Crippen LogP contribution in [0.3, 0.4) is 0 Å². The van der Waals surface area contributed by atoms with Crippen molar-refractivity contribution < 1.29 is 18.4 Å². The highest BCUT2D eigenvalue weighted by Crippen LogP contribution is 2.31. The minimum absolute atomic E-state index is 0.164. The molecule has 1 saturated heterocycles. The molecule has 1 aliphatic rings. The lowest BCUT2D eigenvalue weighted by Gasteiger charge is -2.17. The van der Waals surface area contributed by atoms with Gasteiger partial charge in [0.15, 0.2) is 5.65 Å². The van der Waals surface area contributed by atoms with E-state index < -0.39 is 24.4 Å². The lowest BCUT2D eigenvalue weighted by Crippen LogP contribution is -2.30. The van der Waals surface area contributed by atoms with E-state index in [1.165, 1.54) is 23.7 Å². The molecule has 2 N–H and O–H groups in total. The molecule has 0 spiro atoms. The molecule has 3 heterocycles. The number of nitrogens with two attached hydrogens (primary N) is 1. The van der Waals surface area contributed by atoms with Gasteiger partial charge in [-0.3, -0.25) is 14.6 Å². The molecule has 0 radical (unpaired) electrons. The Morgan fingerprint density at radius 3 is 2.52 bits per heavy atom. The summed E-state index contributed by atoms with van der Waals surface area (Å²) in [5.74, 6) is -0.408. The highest BCUT2D eigenvalue weighted by atomic mass is 19.3. The van der Waals surface area contributed by atoms with Crippen LogP contribution in [0.5, 0.6) is 0 Å². The quantitative estimate of drug-likeness (QED) is 0.871. The third kappa shape index (κ3) is 2.42. The first kappa shape index (κ1) is 15.3. The number of imidazole rings is 1. The number of hydrogen-bond acceptors (Lipinski definition) is 4. The van der Waals surface area contributed by atoms with E-state index in [1.807, 2.05) is 0 Å². The van der Waals surface area contributed by atoms with Crippen LogP contribution in [-0.2, 0) is 4.79 Å². The van der Waals surface area contributed by atoms with E-state index in [2.05, 4.69) is 4.98 Å². The Hall–Kier alpha value is -2.55. The number of halogens is 2. The molecule has 0 aromatic carbocycles. The first-order valence-electron chi connectivity index (χ1n) is 6.94. The van der Waals surface area contributed by atoms with Crippen molar-refractivity contribution in [1.29, 1.82) is 0 Å². The average molecular weight is 323 g/mol. The molecule has 23 heavy (non-hydrogen) atoms. The van der Waals surface area contributed by atoms with Gasteiger partial charge in [0.1, 0.15) is 6.54 Å². The highest BCUT2D eigenvalue weighted by molar-refractivity contribution is 6.13. The number of imide groups is 1. The molecule has 1 aliphatic heterocycles. The fourth-order valence-electron chi connectivity index (χ4n) is 2.44. The van der Waals surface area contributed by atoms with Gasteiger partial charge >= 0.3 is 6.03 Å². The zero-order chi connectivity index (χ0) is 16.9. The SMILES string of the molecule is C[C@@H](N)c1cn2cc(C(F)F)cc(N3CC(=O)N(C)C3=O)c2n1. The summed E-state index contributed by atoms with van der Waals surface area (Å²) in [6.07, 6.45) is 0.0704. The van der Waals surface area contributed by atoms with Crippen molar-refractivity contribution in [2.45, 2.75) is 19.4 Å². The van der Waals surface area contributed by atoms with Crippen LogP contribution < -0.4 is 10.6 Å². The van der Waals surface area contributed by atoms with Crippen molar-refractivity contribution in [3.05, 3.63) is 29.7 Å². The smallest absolute Gasteiger partial charge is 0.323 e. The van der Waals surface area contributed by atoms with Crippen LogP contribution in [0.2, 0.25) is 0 Å². The number of anilines is 1. The van der Waals surface area contributed by atoms with Gasteiger partial charge in [-0.05, 0) is 13.0 Å². The Morgan fingerprint density at radius 2 is 2.00 bits per heavy atom. The van der Waals surface area contributed by atoms with Gasteiger partial charge in [-0.2, -0.15) is 0 Å². The van der Waals surface area contributed by atoms with Gasteiger partial charge < -0.3 is 10.1 Å². The second kappa shape index (κ2) is 5.27. The largest absolute Gasteiger partial charge is 0.331 e. The predicted octanol–water partition coefficient (Wildman–Crippen LogP) is 1.69. The van der Waals surface area contributed by atoms with Crippen LogP contribution in [-0.4, -0.2) is 39.8 Å². The number of alkyl halides is 2. The third-order valence-corrected chi connectivity index (χ3v) is 3.77. The second-order valence-electron chi connectivity index (χ2n) is 5.47. The first-order chi connectivity index (χ1) is 10.8. The van der Waals surface area contributed by atoms with E-state index >= 15 is 0 Å². The monoisotopic (exact) mass is 323 g/mol. The minimum atomic E-state index is -2.72. The number of amides is 3. The van der Waals surface area contributed by atoms with E-state index in [4.69, 9.17) is 5.73 Å². The highest BCUT2D eigenvalue weighted by Gasteiger charge is 2.36. The van der Waals surface area contributed by atoms with E-state index in [0.717, 1.165) is 9.80 Å². The summed E-state index contributed by atoms with van der Waals surface area (Å²) in [4.78, 5) is 30.3. The molecule has 3 amide bonds. The molecule has 122 valence electrons. The van der Waals surface area contributed by atoms with E-state index in [0.29, 0.717) is 11.3 Å².